The molecule has 260 valence electrons. The number of nitrogens with one attached hydrogen (secondary N) is 1. The summed E-state index contributed by atoms with van der Waals surface area (Å²) in [6.45, 7) is 5.82. The Kier molecular flexibility index (Phi) is 13.2. The summed E-state index contributed by atoms with van der Waals surface area (Å²) in [6.07, 6.45) is 6.29. The van der Waals surface area contributed by atoms with E-state index in [1.165, 1.54) is 23.5 Å². The van der Waals surface area contributed by atoms with E-state index in [-0.39, 0.29) is 59.9 Å². The molecule has 47 heavy (non-hydrogen) atoms. The molecule has 12 heteroatoms. The lowest BCUT2D eigenvalue weighted by Gasteiger charge is -2.35. The van der Waals surface area contributed by atoms with Crippen molar-refractivity contribution in [1.82, 2.24) is 9.21 Å². The number of amides is 2. The van der Waals surface area contributed by atoms with Gasteiger partial charge >= 0.3 is 0 Å². The van der Waals surface area contributed by atoms with Crippen molar-refractivity contribution in [1.29, 1.82) is 0 Å². The number of sulfonamides is 1. The molecule has 1 saturated carbocycles. The fourth-order valence-electron chi connectivity index (χ4n) is 6.21. The number of halogens is 1. The molecule has 0 radical (unpaired) electrons. The molecule has 2 aromatic carbocycles. The van der Waals surface area contributed by atoms with Crippen molar-refractivity contribution in [3.8, 4) is 5.75 Å². The van der Waals surface area contributed by atoms with Crippen LogP contribution < -0.4 is 10.1 Å². The second-order valence-corrected chi connectivity index (χ2v) is 15.1. The lowest BCUT2D eigenvalue weighted by atomic mass is 9.88. The summed E-state index contributed by atoms with van der Waals surface area (Å²) in [5, 5.41) is 13.2. The number of rotatable bonds is 8. The van der Waals surface area contributed by atoms with Gasteiger partial charge in [0.15, 0.2) is 0 Å². The first kappa shape index (κ1) is 36.8. The van der Waals surface area contributed by atoms with Crippen molar-refractivity contribution >= 4 is 27.5 Å². The van der Waals surface area contributed by atoms with Crippen molar-refractivity contribution in [2.45, 2.75) is 95.3 Å². The average Bonchev–Trinajstić information content (AvgIpc) is 3.06. The summed E-state index contributed by atoms with van der Waals surface area (Å²) in [5.74, 6) is -0.968. The number of aliphatic hydroxyl groups is 1. The summed E-state index contributed by atoms with van der Waals surface area (Å²) in [4.78, 5) is 28.9. The summed E-state index contributed by atoms with van der Waals surface area (Å²) in [7, 11) is -2.48. The predicted molar refractivity (Wildman–Crippen MR) is 178 cm³/mol. The van der Waals surface area contributed by atoms with Crippen LogP contribution in [-0.4, -0.2) is 86.1 Å². The monoisotopic (exact) mass is 675 g/mol. The van der Waals surface area contributed by atoms with Gasteiger partial charge in [-0.05, 0) is 88.4 Å². The van der Waals surface area contributed by atoms with Crippen molar-refractivity contribution in [3.63, 3.8) is 0 Å². The Morgan fingerprint density at radius 3 is 2.43 bits per heavy atom. The third-order valence-corrected chi connectivity index (χ3v) is 11.1. The molecule has 4 atom stereocenters. The van der Waals surface area contributed by atoms with E-state index in [1.54, 1.807) is 30.0 Å². The average molecular weight is 676 g/mol. The molecule has 4 rings (SSSR count). The SMILES string of the molecule is C[C@@H]1CN([C@@H](C)CO)C(=O)c2cc(NC(=O)C3CCCCC3)ccc2O[C@@H](C)CCCCO[C@H]1CN(C)S(=O)(=O)c1ccc(F)cc1. The van der Waals surface area contributed by atoms with Crippen LogP contribution in [0.3, 0.4) is 0 Å². The summed E-state index contributed by atoms with van der Waals surface area (Å²) < 4.78 is 53.9. The summed E-state index contributed by atoms with van der Waals surface area (Å²) >= 11 is 0. The molecular formula is C35H50FN3O7S. The summed E-state index contributed by atoms with van der Waals surface area (Å²) in [5.41, 5.74) is 0.778. The van der Waals surface area contributed by atoms with E-state index in [0.29, 0.717) is 24.5 Å². The quantitative estimate of drug-likeness (QED) is 0.381. The first-order valence-electron chi connectivity index (χ1n) is 16.8. The maximum absolute atomic E-state index is 14.3. The highest BCUT2D eigenvalue weighted by Gasteiger charge is 2.33. The fourth-order valence-corrected chi connectivity index (χ4v) is 7.39. The van der Waals surface area contributed by atoms with Gasteiger partial charge in [-0.1, -0.05) is 26.2 Å². The number of carbonyl (C=O) groups is 2. The Morgan fingerprint density at radius 2 is 1.74 bits per heavy atom. The normalized spacial score (nSPS) is 23.0. The molecule has 0 bridgehead atoms. The summed E-state index contributed by atoms with van der Waals surface area (Å²) in [6, 6.07) is 9.22. The van der Waals surface area contributed by atoms with Gasteiger partial charge in [0.1, 0.15) is 11.6 Å². The maximum atomic E-state index is 14.3. The molecular weight excluding hydrogens is 625 g/mol. The first-order valence-corrected chi connectivity index (χ1v) is 18.2. The zero-order valence-corrected chi connectivity index (χ0v) is 28.8. The number of carbonyl (C=O) groups excluding carboxylic acids is 2. The van der Waals surface area contributed by atoms with Crippen LogP contribution in [0.25, 0.3) is 0 Å². The van der Waals surface area contributed by atoms with Gasteiger partial charge in [0.05, 0.1) is 35.3 Å². The molecule has 0 spiro atoms. The van der Waals surface area contributed by atoms with E-state index in [4.69, 9.17) is 9.47 Å². The maximum Gasteiger partial charge on any atom is 0.258 e. The molecule has 1 aliphatic carbocycles. The molecule has 1 fully saturated rings. The Balaban J connectivity index is 1.62. The van der Waals surface area contributed by atoms with Crippen LogP contribution in [0, 0.1) is 17.7 Å². The number of fused-ring (bicyclic) bond motifs is 1. The number of hydrogen-bond acceptors (Lipinski definition) is 7. The molecule has 2 amide bonds. The fraction of sp³-hybridized carbons (Fsp3) is 0.600. The van der Waals surface area contributed by atoms with Gasteiger partial charge in [0.25, 0.3) is 5.91 Å². The largest absolute Gasteiger partial charge is 0.490 e. The zero-order chi connectivity index (χ0) is 34.1. The number of likely N-dealkylation sites (N-methyl/N-ethyl adjacent to an activating group) is 1. The van der Waals surface area contributed by atoms with Crippen LogP contribution in [0.4, 0.5) is 10.1 Å². The van der Waals surface area contributed by atoms with Crippen molar-refractivity contribution < 1.29 is 37.0 Å². The Hall–Kier alpha value is -3.06. The Labute approximate surface area is 278 Å². The third kappa shape index (κ3) is 9.74. The number of nitrogens with zero attached hydrogens (tertiary/aromatic N) is 2. The second kappa shape index (κ2) is 16.9. The van der Waals surface area contributed by atoms with Gasteiger partial charge < -0.3 is 24.8 Å². The van der Waals surface area contributed by atoms with E-state index in [1.807, 2.05) is 13.8 Å². The number of benzene rings is 2. The number of ether oxygens (including phenoxy) is 2. The molecule has 2 aliphatic rings. The third-order valence-electron chi connectivity index (χ3n) is 9.25. The minimum atomic E-state index is -3.94. The number of aliphatic hydroxyl groups excluding tert-OH is 1. The van der Waals surface area contributed by atoms with Crippen molar-refractivity contribution in [2.24, 2.45) is 11.8 Å². The second-order valence-electron chi connectivity index (χ2n) is 13.1. The van der Waals surface area contributed by atoms with E-state index < -0.39 is 28.0 Å². The number of hydrogen-bond donors (Lipinski definition) is 2. The minimum absolute atomic E-state index is 0.00383. The lowest BCUT2D eigenvalue weighted by molar-refractivity contribution is -0.120. The van der Waals surface area contributed by atoms with Gasteiger partial charge in [-0.2, -0.15) is 4.31 Å². The highest BCUT2D eigenvalue weighted by molar-refractivity contribution is 7.89. The highest BCUT2D eigenvalue weighted by atomic mass is 32.2. The van der Waals surface area contributed by atoms with Crippen LogP contribution in [0.1, 0.15) is 82.5 Å². The van der Waals surface area contributed by atoms with Crippen molar-refractivity contribution in [3.05, 3.63) is 53.8 Å². The van der Waals surface area contributed by atoms with Gasteiger partial charge in [0, 0.05) is 44.3 Å². The van der Waals surface area contributed by atoms with Gasteiger partial charge in [-0.25, -0.2) is 12.8 Å². The molecule has 10 nitrogen and oxygen atoms in total. The van der Waals surface area contributed by atoms with Crippen molar-refractivity contribution in [2.75, 3.05) is 38.7 Å². The van der Waals surface area contributed by atoms with Crippen LogP contribution in [0.5, 0.6) is 5.75 Å². The highest BCUT2D eigenvalue weighted by Crippen LogP contribution is 2.30. The smallest absolute Gasteiger partial charge is 0.258 e. The molecule has 1 heterocycles. The van der Waals surface area contributed by atoms with Crippen LogP contribution >= 0.6 is 0 Å². The van der Waals surface area contributed by atoms with Gasteiger partial charge in [-0.3, -0.25) is 9.59 Å². The first-order chi connectivity index (χ1) is 22.4. The molecule has 2 aromatic rings. The topological polar surface area (TPSA) is 125 Å². The number of anilines is 1. The van der Waals surface area contributed by atoms with Crippen LogP contribution in [-0.2, 0) is 19.6 Å². The van der Waals surface area contributed by atoms with Gasteiger partial charge in [-0.15, -0.1) is 0 Å². The standard InChI is InChI=1S/C35H50FN3O7S/c1-24-21-39(25(2)23-40)35(42)31-20-29(37-34(41)27-11-6-5-7-12-27)15-18-32(31)46-26(3)10-8-9-19-45-33(24)22-38(4)47(43,44)30-16-13-28(36)14-17-30/h13-18,20,24-27,33,40H,5-12,19,21-23H2,1-4H3,(H,37,41)/t24-,25+,26+,33+/m1/s1. The van der Waals surface area contributed by atoms with Crippen LogP contribution in [0.2, 0.25) is 0 Å². The molecule has 0 unspecified atom stereocenters. The lowest BCUT2D eigenvalue weighted by Crippen LogP contribution is -2.48. The molecule has 2 N–H and O–H groups in total. The van der Waals surface area contributed by atoms with Crippen LogP contribution in [0.15, 0.2) is 47.4 Å². The molecule has 1 aliphatic heterocycles. The van der Waals surface area contributed by atoms with E-state index >= 15 is 0 Å². The van der Waals surface area contributed by atoms with Gasteiger partial charge in [0.2, 0.25) is 15.9 Å². The van der Waals surface area contributed by atoms with E-state index in [9.17, 15) is 27.5 Å². The zero-order valence-electron chi connectivity index (χ0n) is 28.0. The van der Waals surface area contributed by atoms with E-state index in [2.05, 4.69) is 5.32 Å². The Morgan fingerprint density at radius 1 is 1.06 bits per heavy atom. The van der Waals surface area contributed by atoms with E-state index in [0.717, 1.165) is 57.1 Å². The predicted octanol–water partition coefficient (Wildman–Crippen LogP) is 5.46. The molecule has 0 aromatic heterocycles. The minimum Gasteiger partial charge on any atom is -0.490 e. The molecule has 0 saturated heterocycles. The Bertz CT molecular complexity index is 1450.